The molecule has 2 N–H and O–H groups in total. The van der Waals surface area contributed by atoms with Crippen LogP contribution in [0.5, 0.6) is 5.75 Å². The van der Waals surface area contributed by atoms with Gasteiger partial charge in [-0.25, -0.2) is 18.7 Å². The zero-order valence-corrected chi connectivity index (χ0v) is 19.3. The molecule has 0 bridgehead atoms. The molecule has 2 atom stereocenters. The second-order valence-corrected chi connectivity index (χ2v) is 10.1. The van der Waals surface area contributed by atoms with Crippen LogP contribution in [0.4, 0.5) is 5.69 Å². The van der Waals surface area contributed by atoms with Crippen molar-refractivity contribution in [3.8, 4) is 5.75 Å². The summed E-state index contributed by atoms with van der Waals surface area (Å²) in [6.07, 6.45) is 2.43. The Morgan fingerprint density at radius 1 is 0.971 bits per heavy atom. The van der Waals surface area contributed by atoms with Crippen molar-refractivity contribution in [2.24, 2.45) is 0 Å². The van der Waals surface area contributed by atoms with Gasteiger partial charge in [0.05, 0.1) is 10.6 Å². The maximum atomic E-state index is 13.3. The van der Waals surface area contributed by atoms with E-state index in [0.29, 0.717) is 42.7 Å². The van der Waals surface area contributed by atoms with Crippen molar-refractivity contribution in [3.63, 3.8) is 0 Å². The van der Waals surface area contributed by atoms with E-state index in [2.05, 4.69) is 10.2 Å². The van der Waals surface area contributed by atoms with Crippen molar-refractivity contribution >= 4 is 32.4 Å². The molecular formula is C25H26N2O6S. The lowest BCUT2D eigenvalue weighted by Crippen LogP contribution is -2.43. The highest BCUT2D eigenvalue weighted by atomic mass is 32.2. The highest BCUT2D eigenvalue weighted by molar-refractivity contribution is 7.93. The molecule has 2 heterocycles. The molecule has 9 heteroatoms. The fourth-order valence-corrected chi connectivity index (χ4v) is 5.59. The van der Waals surface area contributed by atoms with Crippen LogP contribution in [0, 0.1) is 0 Å². The molecule has 3 aromatic carbocycles. The summed E-state index contributed by atoms with van der Waals surface area (Å²) < 4.78 is 40.7. The third-order valence-electron chi connectivity index (χ3n) is 6.04. The number of carbonyl (C=O) groups is 1. The lowest BCUT2D eigenvalue weighted by molar-refractivity contribution is -0.203. The predicted molar refractivity (Wildman–Crippen MR) is 127 cm³/mol. The molecule has 5 rings (SSSR count). The van der Waals surface area contributed by atoms with Crippen LogP contribution in [0.15, 0.2) is 65.6 Å². The van der Waals surface area contributed by atoms with Gasteiger partial charge in [-0.1, -0.05) is 48.5 Å². The quantitative estimate of drug-likeness (QED) is 0.517. The fraction of sp³-hybridized carbons (Fsp3) is 0.320. The molecule has 0 spiro atoms. The predicted octanol–water partition coefficient (Wildman–Crippen LogP) is 3.91. The zero-order valence-electron chi connectivity index (χ0n) is 18.5. The van der Waals surface area contributed by atoms with Gasteiger partial charge in [0.15, 0.2) is 12.4 Å². The van der Waals surface area contributed by atoms with Crippen LogP contribution >= 0.6 is 0 Å². The van der Waals surface area contributed by atoms with Crippen molar-refractivity contribution in [1.29, 1.82) is 0 Å². The van der Waals surface area contributed by atoms with E-state index in [0.717, 1.165) is 23.8 Å². The number of hydrogen-bond donors (Lipinski definition) is 2. The lowest BCUT2D eigenvalue weighted by atomic mass is 10.0. The van der Waals surface area contributed by atoms with Crippen LogP contribution in [0.1, 0.15) is 31.2 Å². The molecule has 34 heavy (non-hydrogen) atoms. The van der Waals surface area contributed by atoms with Crippen LogP contribution in [0.25, 0.3) is 10.8 Å². The number of aryl methyl sites for hydroxylation is 1. The average Bonchev–Trinajstić information content (AvgIpc) is 2.87. The number of hydroxylamine groups is 1. The first kappa shape index (κ1) is 22.6. The van der Waals surface area contributed by atoms with Crippen molar-refractivity contribution in [3.05, 3.63) is 66.2 Å². The number of rotatable bonds is 6. The van der Waals surface area contributed by atoms with Gasteiger partial charge in [-0.3, -0.25) is 9.52 Å². The number of amides is 1. The smallest absolute Gasteiger partial charge is 0.284 e. The summed E-state index contributed by atoms with van der Waals surface area (Å²) in [6, 6.07) is 17.7. The topological polar surface area (TPSA) is 103 Å². The summed E-state index contributed by atoms with van der Waals surface area (Å²) in [5.41, 5.74) is 3.56. The van der Waals surface area contributed by atoms with E-state index < -0.39 is 28.3 Å². The Kier molecular flexibility index (Phi) is 6.40. The molecule has 1 amide bonds. The Morgan fingerprint density at radius 2 is 1.79 bits per heavy atom. The van der Waals surface area contributed by atoms with E-state index in [4.69, 9.17) is 14.3 Å². The molecule has 1 fully saturated rings. The molecule has 0 aliphatic carbocycles. The van der Waals surface area contributed by atoms with Crippen LogP contribution in [0.3, 0.4) is 0 Å². The number of para-hydroxylation sites is 1. The minimum Gasteiger partial charge on any atom is -0.478 e. The van der Waals surface area contributed by atoms with Gasteiger partial charge in [0.1, 0.15) is 5.75 Å². The minimum atomic E-state index is -3.91. The highest BCUT2D eigenvalue weighted by Crippen LogP contribution is 2.37. The number of hydrogen-bond acceptors (Lipinski definition) is 6. The number of ether oxygens (including phenoxy) is 2. The van der Waals surface area contributed by atoms with E-state index in [1.54, 1.807) is 36.4 Å². The molecule has 0 aromatic heterocycles. The first-order valence-corrected chi connectivity index (χ1v) is 12.9. The second-order valence-electron chi connectivity index (χ2n) is 8.40. The van der Waals surface area contributed by atoms with Gasteiger partial charge in [0.25, 0.3) is 15.9 Å². The van der Waals surface area contributed by atoms with E-state index in [1.807, 2.05) is 24.3 Å². The van der Waals surface area contributed by atoms with E-state index in [9.17, 15) is 13.2 Å². The standard InChI is InChI=1S/C25H26N2O6S/c28-25(26-33-23-13-3-4-16-31-23)21-15-14-18-9-5-11-20(24(18)32-21)27-34(29,30)22-12-6-8-17-7-1-2-10-19(17)22/h1-2,5-12,21,23,27H,3-4,13-16H2,(H,26,28). The first-order chi connectivity index (χ1) is 16.5. The van der Waals surface area contributed by atoms with Crippen LogP contribution in [0.2, 0.25) is 0 Å². The molecule has 0 radical (unpaired) electrons. The molecule has 0 saturated carbocycles. The Bertz CT molecular complexity index is 1300. The van der Waals surface area contributed by atoms with Gasteiger partial charge in [-0.15, -0.1) is 0 Å². The molecule has 2 aliphatic heterocycles. The molecule has 178 valence electrons. The lowest BCUT2D eigenvalue weighted by Gasteiger charge is -2.28. The van der Waals surface area contributed by atoms with Gasteiger partial charge >= 0.3 is 0 Å². The van der Waals surface area contributed by atoms with Gasteiger partial charge in [-0.2, -0.15) is 0 Å². The Labute approximate surface area is 198 Å². The van der Waals surface area contributed by atoms with Crippen LogP contribution in [-0.4, -0.2) is 33.3 Å². The van der Waals surface area contributed by atoms with E-state index in [-0.39, 0.29) is 4.90 Å². The Morgan fingerprint density at radius 3 is 2.65 bits per heavy atom. The third-order valence-corrected chi connectivity index (χ3v) is 7.46. The van der Waals surface area contributed by atoms with Crippen molar-refractivity contribution < 1.29 is 27.5 Å². The molecule has 2 unspecified atom stereocenters. The van der Waals surface area contributed by atoms with Gasteiger partial charge in [0, 0.05) is 18.4 Å². The molecule has 3 aromatic rings. The maximum Gasteiger partial charge on any atom is 0.284 e. The number of fused-ring (bicyclic) bond motifs is 2. The molecular weight excluding hydrogens is 456 g/mol. The SMILES string of the molecule is O=C(NOC1CCCCO1)C1CCc2cccc(NS(=O)(=O)c3cccc4ccccc34)c2O1. The fourth-order valence-electron chi connectivity index (χ4n) is 4.30. The number of sulfonamides is 1. The molecule has 1 saturated heterocycles. The average molecular weight is 483 g/mol. The van der Waals surface area contributed by atoms with Gasteiger partial charge in [0.2, 0.25) is 0 Å². The number of carbonyl (C=O) groups excluding carboxylic acids is 1. The monoisotopic (exact) mass is 482 g/mol. The second kappa shape index (κ2) is 9.61. The van der Waals surface area contributed by atoms with Crippen LogP contribution in [-0.2, 0) is 30.8 Å². The molecule has 8 nitrogen and oxygen atoms in total. The normalized spacial score (nSPS) is 20.2. The van der Waals surface area contributed by atoms with Crippen molar-refractivity contribution in [2.75, 3.05) is 11.3 Å². The summed E-state index contributed by atoms with van der Waals surface area (Å²) in [6.45, 7) is 0.605. The van der Waals surface area contributed by atoms with Gasteiger partial charge < -0.3 is 9.47 Å². The van der Waals surface area contributed by atoms with Crippen molar-refractivity contribution in [1.82, 2.24) is 5.48 Å². The summed E-state index contributed by atoms with van der Waals surface area (Å²) in [5, 5.41) is 1.46. The highest BCUT2D eigenvalue weighted by Gasteiger charge is 2.30. The molecule has 2 aliphatic rings. The number of anilines is 1. The maximum absolute atomic E-state index is 13.3. The minimum absolute atomic E-state index is 0.175. The zero-order chi connectivity index (χ0) is 23.5. The van der Waals surface area contributed by atoms with Crippen molar-refractivity contribution in [2.45, 2.75) is 49.4 Å². The first-order valence-electron chi connectivity index (χ1n) is 11.4. The summed E-state index contributed by atoms with van der Waals surface area (Å²) >= 11 is 0. The number of nitrogens with one attached hydrogen (secondary N) is 2. The van der Waals surface area contributed by atoms with E-state index >= 15 is 0 Å². The Balaban J connectivity index is 1.34. The number of benzene rings is 3. The summed E-state index contributed by atoms with van der Waals surface area (Å²) in [7, 11) is -3.91. The summed E-state index contributed by atoms with van der Waals surface area (Å²) in [4.78, 5) is 18.2. The van der Waals surface area contributed by atoms with E-state index in [1.165, 1.54) is 0 Å². The van der Waals surface area contributed by atoms with Crippen LogP contribution < -0.4 is 14.9 Å². The summed E-state index contributed by atoms with van der Waals surface area (Å²) in [5.74, 6) is -0.0711. The third kappa shape index (κ3) is 4.72. The van der Waals surface area contributed by atoms with Gasteiger partial charge in [-0.05, 0) is 48.8 Å². The Hall–Kier alpha value is -3.14. The largest absolute Gasteiger partial charge is 0.478 e.